The number of hydrogen-bond donors (Lipinski definition) is 2. The van der Waals surface area contributed by atoms with Crippen LogP contribution in [0.5, 0.6) is 11.5 Å². The Balaban J connectivity index is 1.42. The predicted molar refractivity (Wildman–Crippen MR) is 144 cm³/mol. The van der Waals surface area contributed by atoms with Gasteiger partial charge in [-0.05, 0) is 72.0 Å². The Morgan fingerprint density at radius 3 is 2.61 bits per heavy atom. The van der Waals surface area contributed by atoms with Crippen LogP contribution >= 0.6 is 0 Å². The monoisotopic (exact) mass is 517 g/mol. The van der Waals surface area contributed by atoms with E-state index in [1.807, 2.05) is 55.5 Å². The molecular formula is C31H32FNO5. The van der Waals surface area contributed by atoms with Crippen LogP contribution < -0.4 is 9.47 Å². The quantitative estimate of drug-likeness (QED) is 0.382. The molecule has 0 saturated carbocycles. The van der Waals surface area contributed by atoms with Crippen LogP contribution in [0.3, 0.4) is 0 Å². The van der Waals surface area contributed by atoms with Gasteiger partial charge in [-0.2, -0.15) is 0 Å². The van der Waals surface area contributed by atoms with Crippen molar-refractivity contribution >= 4 is 17.1 Å². The topological polar surface area (TPSA) is 79.2 Å². The number of nitrogens with zero attached hydrogens (tertiary/aromatic N) is 1. The number of carboxylic acids is 1. The first-order valence-corrected chi connectivity index (χ1v) is 12.9. The number of carbonyl (C=O) groups is 1. The lowest BCUT2D eigenvalue weighted by Crippen LogP contribution is -2.49. The summed E-state index contributed by atoms with van der Waals surface area (Å²) < 4.78 is 25.1. The molecule has 0 unspecified atom stereocenters. The molecule has 3 aromatic rings. The number of allylic oxidation sites excluding steroid dienone is 1. The van der Waals surface area contributed by atoms with Crippen LogP contribution in [0.4, 0.5) is 4.39 Å². The van der Waals surface area contributed by atoms with Gasteiger partial charge in [0.15, 0.2) is 0 Å². The molecule has 1 saturated heterocycles. The minimum Gasteiger partial charge on any atom is -0.492 e. The van der Waals surface area contributed by atoms with E-state index in [4.69, 9.17) is 9.47 Å². The van der Waals surface area contributed by atoms with Crippen LogP contribution in [0.15, 0.2) is 66.7 Å². The largest absolute Gasteiger partial charge is 0.492 e. The van der Waals surface area contributed by atoms with Crippen molar-refractivity contribution in [2.75, 3.05) is 39.5 Å². The molecule has 38 heavy (non-hydrogen) atoms. The number of aromatic carboxylic acids is 1. The molecule has 198 valence electrons. The number of aliphatic hydroxyl groups excluding tert-OH is 1. The van der Waals surface area contributed by atoms with E-state index in [1.54, 1.807) is 18.2 Å². The molecular weight excluding hydrogens is 485 g/mol. The summed E-state index contributed by atoms with van der Waals surface area (Å²) in [5.41, 5.74) is 5.76. The zero-order valence-electron chi connectivity index (χ0n) is 21.4. The summed E-state index contributed by atoms with van der Waals surface area (Å²) in [5, 5.41) is 19.0. The second kappa shape index (κ2) is 11.4. The average molecular weight is 518 g/mol. The Morgan fingerprint density at radius 2 is 1.89 bits per heavy atom. The van der Waals surface area contributed by atoms with Gasteiger partial charge in [-0.1, -0.05) is 30.3 Å². The van der Waals surface area contributed by atoms with Gasteiger partial charge in [-0.3, -0.25) is 9.29 Å². The summed E-state index contributed by atoms with van der Waals surface area (Å²) in [4.78, 5) is 13.9. The third-order valence-corrected chi connectivity index (χ3v) is 7.29. The number of hydrogen-bond acceptors (Lipinski definition) is 5. The van der Waals surface area contributed by atoms with Crippen molar-refractivity contribution in [1.29, 1.82) is 0 Å². The SMILES string of the molecule is CC1=C(c2cccc(C(=O)O)c2)[C@H](c2ccc(OCCN3CC(CF)C3)cc2)Oc2ccc(CCO)cc21. The lowest BCUT2D eigenvalue weighted by atomic mass is 9.85. The molecule has 0 aromatic heterocycles. The van der Waals surface area contributed by atoms with Gasteiger partial charge in [-0.15, -0.1) is 0 Å². The minimum atomic E-state index is -0.982. The van der Waals surface area contributed by atoms with Crippen LogP contribution in [0.1, 0.15) is 45.6 Å². The second-order valence-corrected chi connectivity index (χ2v) is 9.92. The zero-order valence-corrected chi connectivity index (χ0v) is 21.4. The molecule has 0 bridgehead atoms. The Kier molecular flexibility index (Phi) is 7.77. The molecule has 0 spiro atoms. The first kappa shape index (κ1) is 25.9. The van der Waals surface area contributed by atoms with Crippen molar-refractivity contribution < 1.29 is 28.9 Å². The minimum absolute atomic E-state index is 0.0587. The van der Waals surface area contributed by atoms with Gasteiger partial charge in [0.05, 0.1) is 12.2 Å². The highest BCUT2D eigenvalue weighted by molar-refractivity contribution is 5.97. The average Bonchev–Trinajstić information content (AvgIpc) is 2.90. The number of alkyl halides is 1. The molecule has 0 aliphatic carbocycles. The fourth-order valence-electron chi connectivity index (χ4n) is 5.20. The number of ether oxygens (including phenoxy) is 2. The number of rotatable bonds is 10. The van der Waals surface area contributed by atoms with Gasteiger partial charge < -0.3 is 19.7 Å². The van der Waals surface area contributed by atoms with E-state index in [1.165, 1.54) is 0 Å². The van der Waals surface area contributed by atoms with E-state index in [-0.39, 0.29) is 24.8 Å². The summed E-state index contributed by atoms with van der Waals surface area (Å²) >= 11 is 0. The molecule has 2 aliphatic heterocycles. The van der Waals surface area contributed by atoms with Crippen molar-refractivity contribution in [2.24, 2.45) is 5.92 Å². The van der Waals surface area contributed by atoms with Gasteiger partial charge >= 0.3 is 5.97 Å². The van der Waals surface area contributed by atoms with E-state index in [0.717, 1.165) is 64.5 Å². The van der Waals surface area contributed by atoms with Crippen LogP contribution in [-0.2, 0) is 6.42 Å². The zero-order chi connectivity index (χ0) is 26.6. The van der Waals surface area contributed by atoms with E-state index >= 15 is 0 Å². The third kappa shape index (κ3) is 5.44. The summed E-state index contributed by atoms with van der Waals surface area (Å²) in [6, 6.07) is 20.6. The molecule has 0 amide bonds. The molecule has 1 fully saturated rings. The molecule has 7 heteroatoms. The van der Waals surface area contributed by atoms with Crippen molar-refractivity contribution in [3.63, 3.8) is 0 Å². The number of likely N-dealkylation sites (tertiary alicyclic amines) is 1. The van der Waals surface area contributed by atoms with Gasteiger partial charge in [-0.25, -0.2) is 4.79 Å². The highest BCUT2D eigenvalue weighted by atomic mass is 19.1. The fraction of sp³-hybridized carbons (Fsp3) is 0.323. The molecule has 1 atom stereocenters. The Morgan fingerprint density at radius 1 is 1.11 bits per heavy atom. The van der Waals surface area contributed by atoms with Crippen molar-refractivity contribution in [2.45, 2.75) is 19.4 Å². The molecule has 3 aromatic carbocycles. The maximum absolute atomic E-state index is 12.6. The number of fused-ring (bicyclic) bond motifs is 1. The van der Waals surface area contributed by atoms with Gasteiger partial charge in [0.2, 0.25) is 0 Å². The molecule has 2 heterocycles. The van der Waals surface area contributed by atoms with Crippen molar-refractivity contribution in [1.82, 2.24) is 4.90 Å². The lowest BCUT2D eigenvalue weighted by molar-refractivity contribution is 0.0668. The van der Waals surface area contributed by atoms with Crippen LogP contribution in [-0.4, -0.2) is 60.6 Å². The summed E-state index contributed by atoms with van der Waals surface area (Å²) in [6.45, 7) is 4.71. The molecule has 5 rings (SSSR count). The maximum atomic E-state index is 12.6. The van der Waals surface area contributed by atoms with Gasteiger partial charge in [0.1, 0.15) is 24.2 Å². The second-order valence-electron chi connectivity index (χ2n) is 9.92. The van der Waals surface area contributed by atoms with Crippen molar-refractivity contribution in [3.8, 4) is 11.5 Å². The highest BCUT2D eigenvalue weighted by Crippen LogP contribution is 2.47. The summed E-state index contributed by atoms with van der Waals surface area (Å²) in [6.07, 6.45) is 0.103. The van der Waals surface area contributed by atoms with Crippen LogP contribution in [0, 0.1) is 5.92 Å². The number of aliphatic hydroxyl groups is 1. The normalized spacial score (nSPS) is 17.5. The van der Waals surface area contributed by atoms with E-state index in [0.29, 0.717) is 13.0 Å². The van der Waals surface area contributed by atoms with E-state index in [9.17, 15) is 19.4 Å². The highest BCUT2D eigenvalue weighted by Gasteiger charge is 2.30. The Bertz CT molecular complexity index is 1330. The van der Waals surface area contributed by atoms with Crippen LogP contribution in [0.25, 0.3) is 11.1 Å². The smallest absolute Gasteiger partial charge is 0.335 e. The molecule has 2 aliphatic rings. The standard InChI is InChI=1S/C31H32FNO5/c1-20-27-15-21(11-13-34)5-10-28(27)38-30(29(20)24-3-2-4-25(16-24)31(35)36)23-6-8-26(9-7-23)37-14-12-33-18-22(17-32)19-33/h2-10,15-16,22,30,34H,11-14,17-19H2,1H3,(H,35,36)/t30-/m0/s1. The predicted octanol–water partition coefficient (Wildman–Crippen LogP) is 5.26. The number of benzene rings is 3. The maximum Gasteiger partial charge on any atom is 0.335 e. The summed E-state index contributed by atoms with van der Waals surface area (Å²) in [5.74, 6) is 0.673. The Labute approximate surface area is 221 Å². The lowest BCUT2D eigenvalue weighted by Gasteiger charge is -2.37. The van der Waals surface area contributed by atoms with Gasteiger partial charge in [0.25, 0.3) is 0 Å². The molecule has 0 radical (unpaired) electrons. The molecule has 6 nitrogen and oxygen atoms in total. The molecule has 2 N–H and O–H groups in total. The number of halogens is 1. The fourth-order valence-corrected chi connectivity index (χ4v) is 5.20. The number of carboxylic acid groups (broad SMARTS) is 1. The van der Waals surface area contributed by atoms with E-state index < -0.39 is 12.1 Å². The van der Waals surface area contributed by atoms with E-state index in [2.05, 4.69) is 4.90 Å². The Hall–Kier alpha value is -3.68. The first-order chi connectivity index (χ1) is 18.5. The van der Waals surface area contributed by atoms with Crippen LogP contribution in [0.2, 0.25) is 0 Å². The van der Waals surface area contributed by atoms with Gasteiger partial charge in [0, 0.05) is 43.3 Å². The summed E-state index contributed by atoms with van der Waals surface area (Å²) in [7, 11) is 0. The third-order valence-electron chi connectivity index (χ3n) is 7.29. The van der Waals surface area contributed by atoms with Crippen molar-refractivity contribution in [3.05, 3.63) is 94.5 Å². The first-order valence-electron chi connectivity index (χ1n) is 12.9.